The summed E-state index contributed by atoms with van der Waals surface area (Å²) in [7, 11) is -7.22. The van der Waals surface area contributed by atoms with Crippen molar-refractivity contribution in [3.05, 3.63) is 0 Å². The molecule has 0 bridgehead atoms. The molecule has 8 nitrogen and oxygen atoms in total. The van der Waals surface area contributed by atoms with Gasteiger partial charge in [0.2, 0.25) is 0 Å². The average molecular weight is 360 g/mol. The minimum absolute atomic E-state index is 0.125. The van der Waals surface area contributed by atoms with E-state index in [-0.39, 0.29) is 25.4 Å². The maximum atomic E-state index is 11.2. The molecule has 0 fully saturated rings. The maximum Gasteiger partial charge on any atom is 0.305 e. The smallest absolute Gasteiger partial charge is 0.305 e. The van der Waals surface area contributed by atoms with Crippen molar-refractivity contribution < 1.29 is 34.7 Å². The first-order valence-corrected chi connectivity index (χ1v) is 10.5. The highest BCUT2D eigenvalue weighted by Gasteiger charge is 2.17. The topological polar surface area (TPSA) is 113 Å². The van der Waals surface area contributed by atoms with E-state index >= 15 is 0 Å². The normalized spacial score (nSPS) is 13.8. The van der Waals surface area contributed by atoms with Crippen LogP contribution >= 0.6 is 0 Å². The molecule has 0 aliphatic rings. The molecule has 0 saturated carbocycles. The highest BCUT2D eigenvalue weighted by atomic mass is 32.2. The van der Waals surface area contributed by atoms with Gasteiger partial charge in [-0.15, -0.1) is 0 Å². The summed E-state index contributed by atoms with van der Waals surface area (Å²) in [4.78, 5) is 11.2. The third-order valence-corrected chi connectivity index (χ3v) is 3.73. The number of carbonyl (C=O) groups is 1. The Morgan fingerprint density at radius 3 is 2.14 bits per heavy atom. The predicted molar refractivity (Wildman–Crippen MR) is 80.2 cm³/mol. The van der Waals surface area contributed by atoms with Crippen LogP contribution in [0, 0.1) is 0 Å². The van der Waals surface area contributed by atoms with Crippen LogP contribution in [0.2, 0.25) is 0 Å². The van der Waals surface area contributed by atoms with Crippen LogP contribution in [0.25, 0.3) is 0 Å². The SMILES string of the molecule is CCOC(=O)CCCC[C@@H](CCOS(C)(=O)=O)OS(C)(=O)=O. The zero-order valence-corrected chi connectivity index (χ0v) is 14.7. The van der Waals surface area contributed by atoms with Crippen molar-refractivity contribution in [2.45, 2.75) is 45.1 Å². The van der Waals surface area contributed by atoms with Gasteiger partial charge in [-0.25, -0.2) is 0 Å². The van der Waals surface area contributed by atoms with Gasteiger partial charge >= 0.3 is 5.97 Å². The number of rotatable bonds is 12. The number of esters is 1. The molecule has 0 radical (unpaired) electrons. The number of ether oxygens (including phenoxy) is 1. The fraction of sp³-hybridized carbons (Fsp3) is 0.917. The second-order valence-electron chi connectivity index (χ2n) is 4.79. The zero-order chi connectivity index (χ0) is 17.2. The molecular formula is C12H24O8S2. The maximum absolute atomic E-state index is 11.2. The first-order chi connectivity index (χ1) is 10.0. The fourth-order valence-electron chi connectivity index (χ4n) is 1.69. The minimum Gasteiger partial charge on any atom is -0.466 e. The largest absolute Gasteiger partial charge is 0.466 e. The van der Waals surface area contributed by atoms with E-state index in [1.54, 1.807) is 6.92 Å². The van der Waals surface area contributed by atoms with Crippen molar-refractivity contribution in [2.75, 3.05) is 25.7 Å². The molecule has 0 aromatic carbocycles. The molecule has 1 atom stereocenters. The van der Waals surface area contributed by atoms with Crippen LogP contribution in [-0.4, -0.2) is 54.6 Å². The Morgan fingerprint density at radius 1 is 1.00 bits per heavy atom. The Morgan fingerprint density at radius 2 is 1.64 bits per heavy atom. The fourth-order valence-corrected chi connectivity index (χ4v) is 2.78. The van der Waals surface area contributed by atoms with E-state index in [1.165, 1.54) is 0 Å². The summed E-state index contributed by atoms with van der Waals surface area (Å²) < 4.78 is 58.3. The van der Waals surface area contributed by atoms with Gasteiger partial charge in [-0.1, -0.05) is 6.42 Å². The minimum atomic E-state index is -3.65. The molecule has 132 valence electrons. The van der Waals surface area contributed by atoms with Crippen molar-refractivity contribution >= 4 is 26.2 Å². The third kappa shape index (κ3) is 14.2. The van der Waals surface area contributed by atoms with Gasteiger partial charge in [-0.2, -0.15) is 16.8 Å². The Labute approximate surface area is 132 Å². The van der Waals surface area contributed by atoms with Crippen LogP contribution in [0.1, 0.15) is 39.0 Å². The highest BCUT2D eigenvalue weighted by Crippen LogP contribution is 2.13. The summed E-state index contributed by atoms with van der Waals surface area (Å²) in [6.07, 6.45) is 3.00. The van der Waals surface area contributed by atoms with Crippen molar-refractivity contribution in [3.8, 4) is 0 Å². The second-order valence-corrected chi connectivity index (χ2v) is 8.03. The quantitative estimate of drug-likeness (QED) is 0.285. The lowest BCUT2D eigenvalue weighted by atomic mass is 10.1. The van der Waals surface area contributed by atoms with Crippen molar-refractivity contribution in [1.29, 1.82) is 0 Å². The summed E-state index contributed by atoms with van der Waals surface area (Å²) in [6, 6.07) is 0. The lowest BCUT2D eigenvalue weighted by molar-refractivity contribution is -0.143. The lowest BCUT2D eigenvalue weighted by Gasteiger charge is -2.15. The molecule has 0 unspecified atom stereocenters. The van der Waals surface area contributed by atoms with Gasteiger partial charge in [0.15, 0.2) is 0 Å². The Balaban J connectivity index is 4.22. The molecule has 0 N–H and O–H groups in total. The van der Waals surface area contributed by atoms with Crippen molar-refractivity contribution in [2.24, 2.45) is 0 Å². The zero-order valence-electron chi connectivity index (χ0n) is 13.1. The third-order valence-electron chi connectivity index (χ3n) is 2.51. The molecule has 0 heterocycles. The molecule has 0 aliphatic carbocycles. The molecule has 0 spiro atoms. The van der Waals surface area contributed by atoms with Gasteiger partial charge in [0.05, 0.1) is 31.8 Å². The number of carbonyl (C=O) groups excluding carboxylic acids is 1. The second kappa shape index (κ2) is 10.1. The summed E-state index contributed by atoms with van der Waals surface area (Å²) in [5.74, 6) is -0.302. The van der Waals surface area contributed by atoms with Gasteiger partial charge in [0, 0.05) is 6.42 Å². The lowest BCUT2D eigenvalue weighted by Crippen LogP contribution is -2.20. The number of unbranched alkanes of at least 4 members (excludes halogenated alkanes) is 1. The predicted octanol–water partition coefficient (Wildman–Crippen LogP) is 0.821. The first kappa shape index (κ1) is 21.3. The molecule has 0 amide bonds. The Kier molecular flexibility index (Phi) is 9.81. The van der Waals surface area contributed by atoms with E-state index in [4.69, 9.17) is 8.92 Å². The van der Waals surface area contributed by atoms with E-state index < -0.39 is 26.3 Å². The van der Waals surface area contributed by atoms with E-state index in [0.717, 1.165) is 12.5 Å². The monoisotopic (exact) mass is 360 g/mol. The molecule has 0 aliphatic heterocycles. The molecule has 0 aromatic heterocycles. The van der Waals surface area contributed by atoms with Crippen LogP contribution in [-0.2, 0) is 38.1 Å². The molecule has 22 heavy (non-hydrogen) atoms. The first-order valence-electron chi connectivity index (χ1n) is 6.91. The molecule has 0 aromatic rings. The van der Waals surface area contributed by atoms with Crippen LogP contribution < -0.4 is 0 Å². The Hall–Kier alpha value is -0.710. The van der Waals surface area contributed by atoms with Gasteiger partial charge in [-0.05, 0) is 26.2 Å². The van der Waals surface area contributed by atoms with E-state index in [9.17, 15) is 21.6 Å². The van der Waals surface area contributed by atoms with Gasteiger partial charge in [-0.3, -0.25) is 13.2 Å². The van der Waals surface area contributed by atoms with Crippen molar-refractivity contribution in [1.82, 2.24) is 0 Å². The van der Waals surface area contributed by atoms with E-state index in [1.807, 2.05) is 0 Å². The molecule has 10 heteroatoms. The van der Waals surface area contributed by atoms with Crippen LogP contribution in [0.4, 0.5) is 0 Å². The van der Waals surface area contributed by atoms with E-state index in [0.29, 0.717) is 25.9 Å². The van der Waals surface area contributed by atoms with Crippen LogP contribution in [0.5, 0.6) is 0 Å². The molecular weight excluding hydrogens is 336 g/mol. The summed E-state index contributed by atoms with van der Waals surface area (Å²) >= 11 is 0. The van der Waals surface area contributed by atoms with Crippen LogP contribution in [0.15, 0.2) is 0 Å². The van der Waals surface area contributed by atoms with Gasteiger partial charge < -0.3 is 4.74 Å². The number of hydrogen-bond acceptors (Lipinski definition) is 8. The van der Waals surface area contributed by atoms with Gasteiger partial charge in [0.1, 0.15) is 0 Å². The van der Waals surface area contributed by atoms with Crippen LogP contribution in [0.3, 0.4) is 0 Å². The summed E-state index contributed by atoms with van der Waals surface area (Å²) in [5, 5.41) is 0. The average Bonchev–Trinajstić information content (AvgIpc) is 2.31. The Bertz CT molecular complexity index is 523. The molecule has 0 saturated heterocycles. The highest BCUT2D eigenvalue weighted by molar-refractivity contribution is 7.86. The number of hydrogen-bond donors (Lipinski definition) is 0. The standard InChI is InChI=1S/C12H24O8S2/c1-4-18-12(13)8-6-5-7-11(20-22(3,16)17)9-10-19-21(2,14)15/h11H,4-10H2,1-3H3/t11-/m0/s1. The van der Waals surface area contributed by atoms with Crippen molar-refractivity contribution in [3.63, 3.8) is 0 Å². The summed E-state index contributed by atoms with van der Waals surface area (Å²) in [5.41, 5.74) is 0. The van der Waals surface area contributed by atoms with Gasteiger partial charge in [0.25, 0.3) is 20.2 Å². The van der Waals surface area contributed by atoms with E-state index in [2.05, 4.69) is 4.18 Å². The molecule has 0 rings (SSSR count). The summed E-state index contributed by atoms with van der Waals surface area (Å²) in [6.45, 7) is 1.88.